The fourth-order valence-corrected chi connectivity index (χ4v) is 2.52. The Balaban J connectivity index is 2.18. The van der Waals surface area contributed by atoms with Gasteiger partial charge in [0.1, 0.15) is 0 Å². The molecule has 0 saturated heterocycles. The minimum atomic E-state index is -0.160. The van der Waals surface area contributed by atoms with E-state index in [1.165, 1.54) is 16.2 Å². The van der Waals surface area contributed by atoms with E-state index in [-0.39, 0.29) is 5.91 Å². The third kappa shape index (κ3) is 2.83. The SMILES string of the molecule is CCc1ccc(C(=O)Nc2cc(N)ccc2Cl)s1. The summed E-state index contributed by atoms with van der Waals surface area (Å²) < 4.78 is 0. The number of thiophene rings is 1. The van der Waals surface area contributed by atoms with Crippen molar-refractivity contribution in [2.24, 2.45) is 0 Å². The zero-order valence-corrected chi connectivity index (χ0v) is 11.4. The van der Waals surface area contributed by atoms with Gasteiger partial charge in [-0.25, -0.2) is 0 Å². The van der Waals surface area contributed by atoms with Gasteiger partial charge in [0.05, 0.1) is 15.6 Å². The van der Waals surface area contributed by atoms with Crippen LogP contribution in [0.1, 0.15) is 21.5 Å². The van der Waals surface area contributed by atoms with E-state index in [0.717, 1.165) is 6.42 Å². The van der Waals surface area contributed by atoms with Crippen molar-refractivity contribution in [3.63, 3.8) is 0 Å². The molecular formula is C13H13ClN2OS. The molecule has 3 nitrogen and oxygen atoms in total. The highest BCUT2D eigenvalue weighted by atomic mass is 35.5. The Morgan fingerprint density at radius 3 is 2.83 bits per heavy atom. The van der Waals surface area contributed by atoms with E-state index in [1.54, 1.807) is 18.2 Å². The van der Waals surface area contributed by atoms with Crippen LogP contribution in [0.5, 0.6) is 0 Å². The van der Waals surface area contributed by atoms with Crippen molar-refractivity contribution in [3.05, 3.63) is 45.1 Å². The van der Waals surface area contributed by atoms with Crippen LogP contribution in [0.2, 0.25) is 5.02 Å². The lowest BCUT2D eigenvalue weighted by atomic mass is 10.2. The molecule has 0 fully saturated rings. The van der Waals surface area contributed by atoms with Gasteiger partial charge in [-0.2, -0.15) is 0 Å². The number of anilines is 2. The monoisotopic (exact) mass is 280 g/mol. The second-order valence-corrected chi connectivity index (χ2v) is 5.39. The maximum absolute atomic E-state index is 12.0. The maximum atomic E-state index is 12.0. The van der Waals surface area contributed by atoms with Crippen LogP contribution in [0.25, 0.3) is 0 Å². The number of nitrogen functional groups attached to an aromatic ring is 1. The first-order valence-corrected chi connectivity index (χ1v) is 6.74. The van der Waals surface area contributed by atoms with Crippen LogP contribution in [-0.2, 0) is 6.42 Å². The summed E-state index contributed by atoms with van der Waals surface area (Å²) in [5.74, 6) is -0.160. The highest BCUT2D eigenvalue weighted by Gasteiger charge is 2.11. The molecule has 94 valence electrons. The number of amides is 1. The van der Waals surface area contributed by atoms with Crippen molar-refractivity contribution in [3.8, 4) is 0 Å². The fourth-order valence-electron chi connectivity index (χ4n) is 1.51. The minimum Gasteiger partial charge on any atom is -0.399 e. The lowest BCUT2D eigenvalue weighted by Gasteiger charge is -2.06. The molecule has 3 N–H and O–H groups in total. The Bertz CT molecular complexity index is 580. The summed E-state index contributed by atoms with van der Waals surface area (Å²) in [7, 11) is 0. The van der Waals surface area contributed by atoms with E-state index in [1.807, 2.05) is 12.1 Å². The number of nitrogens with one attached hydrogen (secondary N) is 1. The molecule has 18 heavy (non-hydrogen) atoms. The Kier molecular flexibility index (Phi) is 3.89. The lowest BCUT2D eigenvalue weighted by molar-refractivity contribution is 0.103. The molecule has 1 aromatic heterocycles. The zero-order valence-electron chi connectivity index (χ0n) is 9.87. The van der Waals surface area contributed by atoms with Gasteiger partial charge in [-0.15, -0.1) is 11.3 Å². The van der Waals surface area contributed by atoms with Crippen LogP contribution >= 0.6 is 22.9 Å². The highest BCUT2D eigenvalue weighted by Crippen LogP contribution is 2.25. The van der Waals surface area contributed by atoms with Gasteiger partial charge in [-0.05, 0) is 36.8 Å². The van der Waals surface area contributed by atoms with Gasteiger partial charge in [0.2, 0.25) is 0 Å². The fraction of sp³-hybridized carbons (Fsp3) is 0.154. The topological polar surface area (TPSA) is 55.1 Å². The summed E-state index contributed by atoms with van der Waals surface area (Å²) in [5, 5.41) is 3.24. The van der Waals surface area contributed by atoms with E-state index in [4.69, 9.17) is 17.3 Å². The van der Waals surface area contributed by atoms with Crippen molar-refractivity contribution in [1.29, 1.82) is 0 Å². The van der Waals surface area contributed by atoms with Gasteiger partial charge in [0.15, 0.2) is 0 Å². The number of rotatable bonds is 3. The zero-order chi connectivity index (χ0) is 13.1. The molecule has 0 radical (unpaired) electrons. The number of hydrogen-bond donors (Lipinski definition) is 2. The molecular weight excluding hydrogens is 268 g/mol. The number of carbonyl (C=O) groups is 1. The number of halogens is 1. The first-order valence-electron chi connectivity index (χ1n) is 5.55. The number of aryl methyl sites for hydroxylation is 1. The van der Waals surface area contributed by atoms with Crippen molar-refractivity contribution >= 4 is 40.2 Å². The van der Waals surface area contributed by atoms with Gasteiger partial charge >= 0.3 is 0 Å². The van der Waals surface area contributed by atoms with Gasteiger partial charge in [0, 0.05) is 10.6 Å². The maximum Gasteiger partial charge on any atom is 0.265 e. The third-order valence-electron chi connectivity index (χ3n) is 2.47. The second-order valence-electron chi connectivity index (χ2n) is 3.81. The van der Waals surface area contributed by atoms with Crippen LogP contribution in [0.3, 0.4) is 0 Å². The van der Waals surface area contributed by atoms with Crippen molar-refractivity contribution in [2.45, 2.75) is 13.3 Å². The van der Waals surface area contributed by atoms with E-state index < -0.39 is 0 Å². The van der Waals surface area contributed by atoms with Crippen LogP contribution in [0, 0.1) is 0 Å². The van der Waals surface area contributed by atoms with E-state index in [2.05, 4.69) is 12.2 Å². The molecule has 0 saturated carbocycles. The largest absolute Gasteiger partial charge is 0.399 e. The summed E-state index contributed by atoms with van der Waals surface area (Å²) in [4.78, 5) is 13.9. The molecule has 1 amide bonds. The normalized spacial score (nSPS) is 10.3. The summed E-state index contributed by atoms with van der Waals surface area (Å²) in [6.45, 7) is 2.06. The smallest absolute Gasteiger partial charge is 0.265 e. The predicted octanol–water partition coefficient (Wildman–Crippen LogP) is 3.80. The minimum absolute atomic E-state index is 0.160. The van der Waals surface area contributed by atoms with Gasteiger partial charge in [-0.3, -0.25) is 4.79 Å². The molecule has 1 aromatic carbocycles. The van der Waals surface area contributed by atoms with Gasteiger partial charge in [0.25, 0.3) is 5.91 Å². The first kappa shape index (κ1) is 12.9. The summed E-state index contributed by atoms with van der Waals surface area (Å²) >= 11 is 7.48. The van der Waals surface area contributed by atoms with Crippen molar-refractivity contribution in [1.82, 2.24) is 0 Å². The van der Waals surface area contributed by atoms with Crippen molar-refractivity contribution < 1.29 is 4.79 Å². The van der Waals surface area contributed by atoms with Crippen LogP contribution in [0.15, 0.2) is 30.3 Å². The highest BCUT2D eigenvalue weighted by molar-refractivity contribution is 7.14. The number of benzene rings is 1. The Hall–Kier alpha value is -1.52. The molecule has 2 rings (SSSR count). The second kappa shape index (κ2) is 5.42. The van der Waals surface area contributed by atoms with Crippen LogP contribution in [0.4, 0.5) is 11.4 Å². The van der Waals surface area contributed by atoms with Gasteiger partial charge < -0.3 is 11.1 Å². The van der Waals surface area contributed by atoms with Gasteiger partial charge in [-0.1, -0.05) is 18.5 Å². The molecule has 0 spiro atoms. The molecule has 2 aromatic rings. The molecule has 0 aliphatic carbocycles. The summed E-state index contributed by atoms with van der Waals surface area (Å²) in [5.41, 5.74) is 6.76. The van der Waals surface area contributed by atoms with Crippen molar-refractivity contribution in [2.75, 3.05) is 11.1 Å². The predicted molar refractivity (Wildman–Crippen MR) is 77.5 cm³/mol. The summed E-state index contributed by atoms with van der Waals surface area (Å²) in [6.07, 6.45) is 0.928. The average molecular weight is 281 g/mol. The average Bonchev–Trinajstić information content (AvgIpc) is 2.82. The van der Waals surface area contributed by atoms with Crippen LogP contribution < -0.4 is 11.1 Å². The Morgan fingerprint density at radius 2 is 2.17 bits per heavy atom. The first-order chi connectivity index (χ1) is 8.60. The molecule has 1 heterocycles. The molecule has 0 aliphatic heterocycles. The number of hydrogen-bond acceptors (Lipinski definition) is 3. The van der Waals surface area contributed by atoms with E-state index >= 15 is 0 Å². The van der Waals surface area contributed by atoms with E-state index in [0.29, 0.717) is 21.3 Å². The van der Waals surface area contributed by atoms with E-state index in [9.17, 15) is 4.79 Å². The third-order valence-corrected chi connectivity index (χ3v) is 4.03. The number of nitrogens with two attached hydrogens (primary N) is 1. The molecule has 0 bridgehead atoms. The van der Waals surface area contributed by atoms with Crippen LogP contribution in [-0.4, -0.2) is 5.91 Å². The molecule has 0 atom stereocenters. The molecule has 5 heteroatoms. The molecule has 0 unspecified atom stereocenters. The Morgan fingerprint density at radius 1 is 1.39 bits per heavy atom. The molecule has 0 aliphatic rings. The standard InChI is InChI=1S/C13H13ClN2OS/c1-2-9-4-6-12(18-9)13(17)16-11-7-8(15)3-5-10(11)14/h3-7H,2,15H2,1H3,(H,16,17). The Labute approximate surface area is 115 Å². The summed E-state index contributed by atoms with van der Waals surface area (Å²) in [6, 6.07) is 8.78. The lowest BCUT2D eigenvalue weighted by Crippen LogP contribution is -2.10. The quantitative estimate of drug-likeness (QED) is 0.840. The number of carbonyl (C=O) groups excluding carboxylic acids is 1.